The Bertz CT molecular complexity index is 295. The molecule has 0 aromatic heterocycles. The molecule has 1 rings (SSSR count). The monoisotopic (exact) mass is 269 g/mol. The molecule has 0 saturated carbocycles. The highest BCUT2D eigenvalue weighted by Gasteiger charge is 2.22. The molecule has 0 bridgehead atoms. The molecule has 0 unspecified atom stereocenters. The van der Waals surface area contributed by atoms with Crippen LogP contribution in [0.25, 0.3) is 0 Å². The van der Waals surface area contributed by atoms with Crippen molar-refractivity contribution < 1.29 is 9.59 Å². The van der Waals surface area contributed by atoms with Gasteiger partial charge in [0.05, 0.1) is 0 Å². The van der Waals surface area contributed by atoms with Crippen LogP contribution in [0.15, 0.2) is 0 Å². The third-order valence-corrected chi connectivity index (χ3v) is 3.69. The summed E-state index contributed by atoms with van der Waals surface area (Å²) in [7, 11) is 1.72. The average Bonchev–Trinajstić information content (AvgIpc) is 2.68. The van der Waals surface area contributed by atoms with E-state index in [2.05, 4.69) is 0 Å². The van der Waals surface area contributed by atoms with Gasteiger partial charge in [-0.1, -0.05) is 12.8 Å². The largest absolute Gasteiger partial charge is 0.342 e. The highest BCUT2D eigenvalue weighted by atomic mass is 16.2. The van der Waals surface area contributed by atoms with Crippen molar-refractivity contribution in [3.63, 3.8) is 0 Å². The van der Waals surface area contributed by atoms with Crippen LogP contribution >= 0.6 is 0 Å². The lowest BCUT2D eigenvalue weighted by molar-refractivity contribution is -0.131. The first kappa shape index (κ1) is 15.8. The summed E-state index contributed by atoms with van der Waals surface area (Å²) in [5, 5.41) is 0. The van der Waals surface area contributed by atoms with Gasteiger partial charge in [0.1, 0.15) is 6.54 Å². The van der Waals surface area contributed by atoms with Crippen LogP contribution in [0.1, 0.15) is 39.5 Å². The van der Waals surface area contributed by atoms with Gasteiger partial charge in [0.25, 0.3) is 0 Å². The maximum absolute atomic E-state index is 12.3. The number of nitrogens with zero attached hydrogens (tertiary/aromatic N) is 3. The summed E-state index contributed by atoms with van der Waals surface area (Å²) in [6.45, 7) is 7.13. The third kappa shape index (κ3) is 4.73. The van der Waals surface area contributed by atoms with Crippen LogP contribution in [-0.4, -0.2) is 66.4 Å². The Morgan fingerprint density at radius 1 is 1.00 bits per heavy atom. The first-order valence-corrected chi connectivity index (χ1v) is 7.38. The van der Waals surface area contributed by atoms with Crippen molar-refractivity contribution >= 4 is 11.9 Å². The number of urea groups is 1. The Morgan fingerprint density at radius 2 is 1.53 bits per heavy atom. The van der Waals surface area contributed by atoms with Crippen LogP contribution in [-0.2, 0) is 4.79 Å². The zero-order chi connectivity index (χ0) is 14.3. The van der Waals surface area contributed by atoms with Gasteiger partial charge in [-0.2, -0.15) is 0 Å². The van der Waals surface area contributed by atoms with E-state index in [0.717, 1.165) is 25.9 Å². The lowest BCUT2D eigenvalue weighted by Gasteiger charge is -2.28. The fourth-order valence-electron chi connectivity index (χ4n) is 2.45. The molecule has 0 N–H and O–H groups in total. The number of rotatable bonds is 4. The van der Waals surface area contributed by atoms with Crippen LogP contribution < -0.4 is 0 Å². The lowest BCUT2D eigenvalue weighted by atomic mass is 10.2. The molecule has 1 fully saturated rings. The fraction of sp³-hybridized carbons (Fsp3) is 0.857. The van der Waals surface area contributed by atoms with Gasteiger partial charge in [0.15, 0.2) is 0 Å². The van der Waals surface area contributed by atoms with Crippen LogP contribution in [0.3, 0.4) is 0 Å². The number of hydrogen-bond donors (Lipinski definition) is 0. The van der Waals surface area contributed by atoms with E-state index in [1.807, 2.05) is 18.7 Å². The number of carbonyl (C=O) groups is 2. The van der Waals surface area contributed by atoms with Gasteiger partial charge < -0.3 is 14.7 Å². The Kier molecular flexibility index (Phi) is 6.67. The molecule has 1 aliphatic heterocycles. The standard InChI is InChI=1S/C14H27N3O2/c1-4-16(5-2)13(18)12-15(3)14(19)17-10-8-6-7-9-11-17/h4-12H2,1-3H3. The van der Waals surface area contributed by atoms with Crippen molar-refractivity contribution in [2.45, 2.75) is 39.5 Å². The third-order valence-electron chi connectivity index (χ3n) is 3.69. The van der Waals surface area contributed by atoms with Gasteiger partial charge in [-0.15, -0.1) is 0 Å². The van der Waals surface area contributed by atoms with Gasteiger partial charge in [0, 0.05) is 33.2 Å². The summed E-state index contributed by atoms with van der Waals surface area (Å²) in [5.41, 5.74) is 0. The Morgan fingerprint density at radius 3 is 2.00 bits per heavy atom. The SMILES string of the molecule is CCN(CC)C(=O)CN(C)C(=O)N1CCCCCC1. The molecular weight excluding hydrogens is 242 g/mol. The predicted molar refractivity (Wildman–Crippen MR) is 76.0 cm³/mol. The molecule has 3 amide bonds. The molecule has 0 aromatic carbocycles. The van der Waals surface area contributed by atoms with Crippen molar-refractivity contribution in [3.05, 3.63) is 0 Å². The molecule has 0 aliphatic carbocycles. The molecule has 1 heterocycles. The second-order valence-electron chi connectivity index (χ2n) is 5.11. The van der Waals surface area contributed by atoms with Gasteiger partial charge in [0.2, 0.25) is 5.91 Å². The predicted octanol–water partition coefficient (Wildman–Crippen LogP) is 1.78. The average molecular weight is 269 g/mol. The maximum atomic E-state index is 12.3. The van der Waals surface area contributed by atoms with E-state index in [1.54, 1.807) is 16.8 Å². The van der Waals surface area contributed by atoms with Crippen molar-refractivity contribution in [1.29, 1.82) is 0 Å². The normalized spacial score (nSPS) is 15.8. The minimum atomic E-state index is -0.0117. The number of likely N-dealkylation sites (tertiary alicyclic amines) is 1. The van der Waals surface area contributed by atoms with Gasteiger partial charge in [-0.05, 0) is 26.7 Å². The fourth-order valence-corrected chi connectivity index (χ4v) is 2.45. The summed E-state index contributed by atoms with van der Waals surface area (Å²) in [6, 6.07) is -0.0117. The zero-order valence-electron chi connectivity index (χ0n) is 12.5. The minimum absolute atomic E-state index is 0.0117. The summed E-state index contributed by atoms with van der Waals surface area (Å²) in [6.07, 6.45) is 4.55. The van der Waals surface area contributed by atoms with Crippen molar-refractivity contribution in [3.8, 4) is 0 Å². The van der Waals surface area contributed by atoms with Gasteiger partial charge in [-0.3, -0.25) is 4.79 Å². The Balaban J connectivity index is 2.49. The minimum Gasteiger partial charge on any atom is -0.342 e. The number of likely N-dealkylation sites (N-methyl/N-ethyl adjacent to an activating group) is 2. The molecular formula is C14H27N3O2. The van der Waals surface area contributed by atoms with Crippen LogP contribution in [0.5, 0.6) is 0 Å². The van der Waals surface area contributed by atoms with E-state index in [9.17, 15) is 9.59 Å². The van der Waals surface area contributed by atoms with Crippen LogP contribution in [0.2, 0.25) is 0 Å². The van der Waals surface area contributed by atoms with Crippen molar-refractivity contribution in [2.75, 3.05) is 39.8 Å². The molecule has 0 spiro atoms. The Hall–Kier alpha value is -1.26. The molecule has 0 aromatic rings. The summed E-state index contributed by atoms with van der Waals surface area (Å²) >= 11 is 0. The second-order valence-corrected chi connectivity index (χ2v) is 5.11. The number of carbonyl (C=O) groups excluding carboxylic acids is 2. The molecule has 1 saturated heterocycles. The van der Waals surface area contributed by atoms with Gasteiger partial charge >= 0.3 is 6.03 Å². The quantitative estimate of drug-likeness (QED) is 0.781. The molecule has 5 nitrogen and oxygen atoms in total. The molecule has 5 heteroatoms. The highest BCUT2D eigenvalue weighted by molar-refractivity contribution is 5.84. The summed E-state index contributed by atoms with van der Waals surface area (Å²) < 4.78 is 0. The summed E-state index contributed by atoms with van der Waals surface area (Å²) in [5.74, 6) is 0.0238. The lowest BCUT2D eigenvalue weighted by Crippen LogP contribution is -2.46. The highest BCUT2D eigenvalue weighted by Crippen LogP contribution is 2.11. The molecule has 19 heavy (non-hydrogen) atoms. The van der Waals surface area contributed by atoms with E-state index in [0.29, 0.717) is 13.1 Å². The van der Waals surface area contributed by atoms with Crippen molar-refractivity contribution in [1.82, 2.24) is 14.7 Å². The summed E-state index contributed by atoms with van der Waals surface area (Å²) in [4.78, 5) is 29.4. The van der Waals surface area contributed by atoms with E-state index in [4.69, 9.17) is 0 Å². The Labute approximate surface area is 116 Å². The molecule has 0 radical (unpaired) electrons. The van der Waals surface area contributed by atoms with E-state index in [1.165, 1.54) is 12.8 Å². The topological polar surface area (TPSA) is 43.9 Å². The first-order valence-electron chi connectivity index (χ1n) is 7.38. The maximum Gasteiger partial charge on any atom is 0.320 e. The number of hydrogen-bond acceptors (Lipinski definition) is 2. The van der Waals surface area contributed by atoms with Crippen molar-refractivity contribution in [2.24, 2.45) is 0 Å². The zero-order valence-corrected chi connectivity index (χ0v) is 12.5. The second kappa shape index (κ2) is 8.02. The van der Waals surface area contributed by atoms with E-state index < -0.39 is 0 Å². The van der Waals surface area contributed by atoms with E-state index >= 15 is 0 Å². The molecule has 1 aliphatic rings. The smallest absolute Gasteiger partial charge is 0.320 e. The molecule has 110 valence electrons. The first-order chi connectivity index (χ1) is 9.10. The number of amides is 3. The van der Waals surface area contributed by atoms with E-state index in [-0.39, 0.29) is 18.5 Å². The van der Waals surface area contributed by atoms with Gasteiger partial charge in [-0.25, -0.2) is 4.79 Å². The van der Waals surface area contributed by atoms with Crippen LogP contribution in [0, 0.1) is 0 Å². The molecule has 0 atom stereocenters. The van der Waals surface area contributed by atoms with Crippen LogP contribution in [0.4, 0.5) is 4.79 Å².